The van der Waals surface area contributed by atoms with E-state index in [9.17, 15) is 0 Å². The van der Waals surface area contributed by atoms with Crippen LogP contribution < -0.4 is 10.1 Å². The number of piperidine rings is 1. The maximum absolute atomic E-state index is 5.50. The molecule has 0 radical (unpaired) electrons. The molecule has 0 atom stereocenters. The molecular weight excluding hydrogens is 236 g/mol. The Morgan fingerprint density at radius 3 is 2.84 bits per heavy atom. The first-order valence-electron chi connectivity index (χ1n) is 7.47. The van der Waals surface area contributed by atoms with Gasteiger partial charge in [-0.05, 0) is 50.9 Å². The number of likely N-dealkylation sites (tertiary alicyclic amines) is 1. The Labute approximate surface area is 116 Å². The zero-order chi connectivity index (χ0) is 13.5. The first-order chi connectivity index (χ1) is 9.28. The van der Waals surface area contributed by atoms with Crippen molar-refractivity contribution in [1.29, 1.82) is 0 Å². The molecule has 0 saturated carbocycles. The second-order valence-electron chi connectivity index (χ2n) is 5.41. The predicted octanol–water partition coefficient (Wildman–Crippen LogP) is 3.23. The van der Waals surface area contributed by atoms with Crippen molar-refractivity contribution in [3.05, 3.63) is 24.3 Å². The highest BCUT2D eigenvalue weighted by molar-refractivity contribution is 5.48. The number of hydrogen-bond donors (Lipinski definition) is 1. The van der Waals surface area contributed by atoms with Crippen LogP contribution in [0, 0.1) is 5.92 Å². The number of nitrogens with one attached hydrogen (secondary N) is 1. The molecule has 1 saturated heterocycles. The molecule has 0 unspecified atom stereocenters. The minimum atomic E-state index is 0.718. The number of benzene rings is 1. The van der Waals surface area contributed by atoms with Crippen molar-refractivity contribution in [2.75, 3.05) is 38.1 Å². The Morgan fingerprint density at radius 1 is 1.32 bits per heavy atom. The Morgan fingerprint density at radius 2 is 2.11 bits per heavy atom. The van der Waals surface area contributed by atoms with Crippen LogP contribution in [0.1, 0.15) is 26.7 Å². The van der Waals surface area contributed by atoms with Crippen LogP contribution in [0.2, 0.25) is 0 Å². The van der Waals surface area contributed by atoms with Crippen LogP contribution in [0.25, 0.3) is 0 Å². The van der Waals surface area contributed by atoms with Gasteiger partial charge >= 0.3 is 0 Å². The molecule has 3 heteroatoms. The number of nitrogens with zero attached hydrogens (tertiary/aromatic N) is 1. The average Bonchev–Trinajstić information content (AvgIpc) is 2.42. The molecule has 0 aromatic heterocycles. The van der Waals surface area contributed by atoms with Crippen LogP contribution in [-0.4, -0.2) is 37.7 Å². The van der Waals surface area contributed by atoms with Crippen molar-refractivity contribution in [3.63, 3.8) is 0 Å². The van der Waals surface area contributed by atoms with Crippen LogP contribution in [0.3, 0.4) is 0 Å². The Balaban J connectivity index is 1.71. The first kappa shape index (κ1) is 14.2. The Hall–Kier alpha value is -1.22. The van der Waals surface area contributed by atoms with Gasteiger partial charge in [-0.2, -0.15) is 0 Å². The van der Waals surface area contributed by atoms with Crippen LogP contribution in [0.5, 0.6) is 5.75 Å². The lowest BCUT2D eigenvalue weighted by molar-refractivity contribution is 0.199. The summed E-state index contributed by atoms with van der Waals surface area (Å²) in [7, 11) is 0. The van der Waals surface area contributed by atoms with E-state index < -0.39 is 0 Å². The first-order valence-corrected chi connectivity index (χ1v) is 7.47. The molecule has 1 heterocycles. The highest BCUT2D eigenvalue weighted by atomic mass is 16.5. The number of rotatable bonds is 6. The zero-order valence-electron chi connectivity index (χ0n) is 12.2. The quantitative estimate of drug-likeness (QED) is 0.852. The molecule has 1 aliphatic rings. The monoisotopic (exact) mass is 262 g/mol. The number of ether oxygens (including phenoxy) is 1. The maximum atomic E-state index is 5.50. The minimum Gasteiger partial charge on any atom is -0.494 e. The maximum Gasteiger partial charge on any atom is 0.121 e. The topological polar surface area (TPSA) is 24.5 Å². The average molecular weight is 262 g/mol. The van der Waals surface area contributed by atoms with Crippen molar-refractivity contribution in [1.82, 2.24) is 4.90 Å². The fraction of sp³-hybridized carbons (Fsp3) is 0.625. The lowest BCUT2D eigenvalue weighted by atomic mass is 9.99. The fourth-order valence-corrected chi connectivity index (χ4v) is 2.51. The minimum absolute atomic E-state index is 0.718. The van der Waals surface area contributed by atoms with Gasteiger partial charge < -0.3 is 15.0 Å². The summed E-state index contributed by atoms with van der Waals surface area (Å²) >= 11 is 0. The SMILES string of the molecule is CCOc1cccc(NCCN2CCC(C)CC2)c1. The van der Waals surface area contributed by atoms with Gasteiger partial charge in [-0.15, -0.1) is 0 Å². The van der Waals surface area contributed by atoms with E-state index in [1.165, 1.54) is 25.9 Å². The fourth-order valence-electron chi connectivity index (χ4n) is 2.51. The summed E-state index contributed by atoms with van der Waals surface area (Å²) in [6.07, 6.45) is 2.69. The summed E-state index contributed by atoms with van der Waals surface area (Å²) < 4.78 is 5.50. The lowest BCUT2D eigenvalue weighted by Crippen LogP contribution is -2.36. The molecule has 1 aliphatic heterocycles. The van der Waals surface area contributed by atoms with Crippen LogP contribution >= 0.6 is 0 Å². The molecule has 0 spiro atoms. The van der Waals surface area contributed by atoms with E-state index in [1.54, 1.807) is 0 Å². The molecule has 19 heavy (non-hydrogen) atoms. The van der Waals surface area contributed by atoms with Crippen LogP contribution in [0.15, 0.2) is 24.3 Å². The lowest BCUT2D eigenvalue weighted by Gasteiger charge is -2.30. The van der Waals surface area contributed by atoms with E-state index in [1.807, 2.05) is 19.1 Å². The van der Waals surface area contributed by atoms with Gasteiger partial charge in [-0.25, -0.2) is 0 Å². The number of anilines is 1. The second kappa shape index (κ2) is 7.39. The smallest absolute Gasteiger partial charge is 0.121 e. The van der Waals surface area contributed by atoms with E-state index in [2.05, 4.69) is 29.3 Å². The van der Waals surface area contributed by atoms with Crippen molar-refractivity contribution < 1.29 is 4.74 Å². The van der Waals surface area contributed by atoms with Crippen LogP contribution in [0.4, 0.5) is 5.69 Å². The molecule has 2 rings (SSSR count). The molecule has 0 bridgehead atoms. The van der Waals surface area contributed by atoms with Gasteiger partial charge in [-0.3, -0.25) is 0 Å². The molecular formula is C16H26N2O. The third-order valence-electron chi connectivity index (χ3n) is 3.78. The normalized spacial score (nSPS) is 17.4. The van der Waals surface area contributed by atoms with E-state index >= 15 is 0 Å². The van der Waals surface area contributed by atoms with E-state index in [-0.39, 0.29) is 0 Å². The molecule has 3 nitrogen and oxygen atoms in total. The largest absolute Gasteiger partial charge is 0.494 e. The Bertz CT molecular complexity index is 373. The summed E-state index contributed by atoms with van der Waals surface area (Å²) in [6, 6.07) is 8.21. The molecule has 106 valence electrons. The standard InChI is InChI=1S/C16H26N2O/c1-3-19-16-6-4-5-15(13-16)17-9-12-18-10-7-14(2)8-11-18/h4-6,13-14,17H,3,7-12H2,1-2H3. The highest BCUT2D eigenvalue weighted by Gasteiger charge is 2.14. The number of hydrogen-bond acceptors (Lipinski definition) is 3. The van der Waals surface area contributed by atoms with Gasteiger partial charge in [0.1, 0.15) is 5.75 Å². The molecule has 1 N–H and O–H groups in total. The third kappa shape index (κ3) is 4.75. The molecule has 1 aromatic rings. The van der Waals surface area contributed by atoms with Gasteiger partial charge in [0, 0.05) is 24.8 Å². The summed E-state index contributed by atoms with van der Waals surface area (Å²) in [5.74, 6) is 1.85. The summed E-state index contributed by atoms with van der Waals surface area (Å²) in [5.41, 5.74) is 1.15. The van der Waals surface area contributed by atoms with Gasteiger partial charge in [0.05, 0.1) is 6.61 Å². The van der Waals surface area contributed by atoms with Crippen LogP contribution in [-0.2, 0) is 0 Å². The Kier molecular flexibility index (Phi) is 5.52. The molecule has 1 fully saturated rings. The van der Waals surface area contributed by atoms with Crippen molar-refractivity contribution >= 4 is 5.69 Å². The molecule has 0 aliphatic carbocycles. The van der Waals surface area contributed by atoms with Gasteiger partial charge in [0.15, 0.2) is 0 Å². The molecule has 0 amide bonds. The van der Waals surface area contributed by atoms with E-state index in [0.29, 0.717) is 0 Å². The van der Waals surface area contributed by atoms with Crippen molar-refractivity contribution in [2.45, 2.75) is 26.7 Å². The van der Waals surface area contributed by atoms with Gasteiger partial charge in [0.2, 0.25) is 0 Å². The highest BCUT2D eigenvalue weighted by Crippen LogP contribution is 2.18. The van der Waals surface area contributed by atoms with Gasteiger partial charge in [-0.1, -0.05) is 13.0 Å². The van der Waals surface area contributed by atoms with E-state index in [0.717, 1.165) is 37.1 Å². The van der Waals surface area contributed by atoms with Crippen molar-refractivity contribution in [3.8, 4) is 5.75 Å². The van der Waals surface area contributed by atoms with Gasteiger partial charge in [0.25, 0.3) is 0 Å². The summed E-state index contributed by atoms with van der Waals surface area (Å²) in [4.78, 5) is 2.55. The van der Waals surface area contributed by atoms with E-state index in [4.69, 9.17) is 4.74 Å². The predicted molar refractivity (Wildman–Crippen MR) is 80.9 cm³/mol. The van der Waals surface area contributed by atoms with Crippen molar-refractivity contribution in [2.24, 2.45) is 5.92 Å². The zero-order valence-corrected chi connectivity index (χ0v) is 12.2. The second-order valence-corrected chi connectivity index (χ2v) is 5.41. The third-order valence-corrected chi connectivity index (χ3v) is 3.78. The summed E-state index contributed by atoms with van der Waals surface area (Å²) in [6.45, 7) is 9.72. The molecule has 1 aromatic carbocycles. The summed E-state index contributed by atoms with van der Waals surface area (Å²) in [5, 5.41) is 3.48.